The zero-order valence-corrected chi connectivity index (χ0v) is 14.6. The lowest BCUT2D eigenvalue weighted by Crippen LogP contribution is -2.24. The second kappa shape index (κ2) is 6.48. The molecule has 0 aliphatic rings. The number of benzene rings is 1. The van der Waals surface area contributed by atoms with Gasteiger partial charge in [0.1, 0.15) is 11.4 Å². The van der Waals surface area contributed by atoms with Gasteiger partial charge in [0.2, 0.25) is 0 Å². The van der Waals surface area contributed by atoms with Crippen LogP contribution in [-0.4, -0.2) is 20.5 Å². The Morgan fingerprint density at radius 3 is 2.81 bits per heavy atom. The van der Waals surface area contributed by atoms with Crippen molar-refractivity contribution in [3.63, 3.8) is 0 Å². The highest BCUT2D eigenvalue weighted by Crippen LogP contribution is 2.20. The normalized spacial score (nSPS) is 11.0. The lowest BCUT2D eigenvalue weighted by molar-refractivity contribution is 0.0946. The summed E-state index contributed by atoms with van der Waals surface area (Å²) in [7, 11) is 0. The molecule has 0 atom stereocenters. The van der Waals surface area contributed by atoms with Crippen LogP contribution in [0.25, 0.3) is 17.1 Å². The maximum atomic E-state index is 12.5. The molecule has 0 spiro atoms. The van der Waals surface area contributed by atoms with E-state index >= 15 is 0 Å². The van der Waals surface area contributed by atoms with E-state index in [0.29, 0.717) is 29.3 Å². The summed E-state index contributed by atoms with van der Waals surface area (Å²) in [4.78, 5) is 17.0. The summed E-state index contributed by atoms with van der Waals surface area (Å²) in [6.07, 6.45) is 1.60. The van der Waals surface area contributed by atoms with Gasteiger partial charge in [-0.15, -0.1) is 0 Å². The van der Waals surface area contributed by atoms with E-state index in [4.69, 9.17) is 4.42 Å². The highest BCUT2D eigenvalue weighted by atomic mass is 16.3. The third-order valence-electron chi connectivity index (χ3n) is 4.15. The molecule has 6 heteroatoms. The number of carbonyl (C=O) groups excluding carboxylic acids is 1. The van der Waals surface area contributed by atoms with Crippen LogP contribution in [-0.2, 0) is 6.54 Å². The molecule has 0 radical (unpaired) electrons. The predicted molar refractivity (Wildman–Crippen MR) is 97.8 cm³/mol. The third kappa shape index (κ3) is 3.09. The van der Waals surface area contributed by atoms with Crippen molar-refractivity contribution in [1.29, 1.82) is 0 Å². The fraction of sp³-hybridized carbons (Fsp3) is 0.150. The molecule has 4 aromatic rings. The van der Waals surface area contributed by atoms with E-state index in [1.54, 1.807) is 16.8 Å². The topological polar surface area (TPSA) is 72.4 Å². The van der Waals surface area contributed by atoms with Crippen molar-refractivity contribution in [1.82, 2.24) is 19.9 Å². The van der Waals surface area contributed by atoms with Gasteiger partial charge < -0.3 is 9.73 Å². The van der Waals surface area contributed by atoms with E-state index in [2.05, 4.69) is 21.5 Å². The lowest BCUT2D eigenvalue weighted by Gasteiger charge is -2.07. The first-order chi connectivity index (χ1) is 12.6. The summed E-state index contributed by atoms with van der Waals surface area (Å²) in [6, 6.07) is 15.2. The first-order valence-electron chi connectivity index (χ1n) is 8.35. The Balaban J connectivity index is 1.59. The quantitative estimate of drug-likeness (QED) is 0.613. The molecular formula is C20H18N4O2. The number of fused-ring (bicyclic) bond motifs is 1. The largest absolute Gasteiger partial charge is 0.463 e. The molecule has 3 aromatic heterocycles. The summed E-state index contributed by atoms with van der Waals surface area (Å²) in [5.41, 5.74) is 4.71. The monoisotopic (exact) mass is 346 g/mol. The van der Waals surface area contributed by atoms with Crippen LogP contribution < -0.4 is 5.32 Å². The molecule has 130 valence electrons. The molecule has 3 heterocycles. The maximum Gasteiger partial charge on any atom is 0.270 e. The average Bonchev–Trinajstić information content (AvgIpc) is 3.29. The molecule has 0 saturated carbocycles. The number of aromatic nitrogens is 3. The van der Waals surface area contributed by atoms with Crippen LogP contribution in [0, 0.1) is 13.8 Å². The van der Waals surface area contributed by atoms with Gasteiger partial charge in [-0.2, -0.15) is 5.10 Å². The van der Waals surface area contributed by atoms with E-state index in [1.807, 2.05) is 50.2 Å². The van der Waals surface area contributed by atoms with Crippen molar-refractivity contribution < 1.29 is 9.21 Å². The van der Waals surface area contributed by atoms with Gasteiger partial charge in [-0.3, -0.25) is 4.79 Å². The van der Waals surface area contributed by atoms with Crippen molar-refractivity contribution in [2.45, 2.75) is 20.4 Å². The molecule has 26 heavy (non-hydrogen) atoms. The summed E-state index contributed by atoms with van der Waals surface area (Å²) in [5, 5.41) is 7.41. The van der Waals surface area contributed by atoms with E-state index in [-0.39, 0.29) is 5.91 Å². The number of rotatable bonds is 4. The lowest BCUT2D eigenvalue weighted by atomic mass is 10.1. The zero-order chi connectivity index (χ0) is 18.1. The highest BCUT2D eigenvalue weighted by molar-refractivity contribution is 5.92. The van der Waals surface area contributed by atoms with Gasteiger partial charge in [0.15, 0.2) is 11.4 Å². The highest BCUT2D eigenvalue weighted by Gasteiger charge is 2.14. The number of aryl methyl sites for hydroxylation is 2. The SMILES string of the molecule is Cc1cccc(CNC(=O)c2cc(C)n3nc(-c4ccco4)cc3n2)c1. The first-order valence-corrected chi connectivity index (χ1v) is 8.35. The van der Waals surface area contributed by atoms with Gasteiger partial charge in [0.05, 0.1) is 6.26 Å². The molecule has 1 aromatic carbocycles. The van der Waals surface area contributed by atoms with E-state index in [1.165, 1.54) is 0 Å². The maximum absolute atomic E-state index is 12.5. The number of hydrogen-bond donors (Lipinski definition) is 1. The molecule has 1 N–H and O–H groups in total. The van der Waals surface area contributed by atoms with Crippen molar-refractivity contribution >= 4 is 11.6 Å². The minimum absolute atomic E-state index is 0.210. The fourth-order valence-corrected chi connectivity index (χ4v) is 2.88. The second-order valence-electron chi connectivity index (χ2n) is 6.23. The van der Waals surface area contributed by atoms with Gasteiger partial charge in [0.25, 0.3) is 5.91 Å². The molecule has 0 bridgehead atoms. The Bertz CT molecular complexity index is 1080. The van der Waals surface area contributed by atoms with Crippen LogP contribution in [0.3, 0.4) is 0 Å². The Kier molecular flexibility index (Phi) is 4.01. The van der Waals surface area contributed by atoms with E-state index in [0.717, 1.165) is 16.8 Å². The van der Waals surface area contributed by atoms with Crippen LogP contribution in [0.5, 0.6) is 0 Å². The average molecular weight is 346 g/mol. The summed E-state index contributed by atoms with van der Waals surface area (Å²) in [6.45, 7) is 4.38. The number of amides is 1. The number of furan rings is 1. The van der Waals surface area contributed by atoms with Gasteiger partial charge in [0, 0.05) is 18.3 Å². The van der Waals surface area contributed by atoms with Crippen LogP contribution in [0.15, 0.2) is 59.2 Å². The number of carbonyl (C=O) groups is 1. The number of hydrogen-bond acceptors (Lipinski definition) is 4. The van der Waals surface area contributed by atoms with E-state index in [9.17, 15) is 4.79 Å². The smallest absolute Gasteiger partial charge is 0.270 e. The predicted octanol–water partition coefficient (Wildman–Crippen LogP) is 3.54. The molecular weight excluding hydrogens is 328 g/mol. The zero-order valence-electron chi connectivity index (χ0n) is 14.6. The number of nitrogens with one attached hydrogen (secondary N) is 1. The van der Waals surface area contributed by atoms with Crippen molar-refractivity contribution in [2.24, 2.45) is 0 Å². The summed E-state index contributed by atoms with van der Waals surface area (Å²) >= 11 is 0. The Labute approximate surface area is 150 Å². The van der Waals surface area contributed by atoms with Crippen LogP contribution in [0.2, 0.25) is 0 Å². The molecule has 6 nitrogen and oxygen atoms in total. The fourth-order valence-electron chi connectivity index (χ4n) is 2.88. The molecule has 4 rings (SSSR count). The van der Waals surface area contributed by atoms with Crippen molar-refractivity contribution in [3.05, 3.63) is 77.3 Å². The molecule has 0 fully saturated rings. The third-order valence-corrected chi connectivity index (χ3v) is 4.15. The Morgan fingerprint density at radius 2 is 2.04 bits per heavy atom. The first kappa shape index (κ1) is 16.1. The summed E-state index contributed by atoms with van der Waals surface area (Å²) in [5.74, 6) is 0.457. The summed E-state index contributed by atoms with van der Waals surface area (Å²) < 4.78 is 7.08. The minimum Gasteiger partial charge on any atom is -0.463 e. The van der Waals surface area contributed by atoms with Gasteiger partial charge in [-0.25, -0.2) is 9.50 Å². The van der Waals surface area contributed by atoms with Crippen LogP contribution in [0.1, 0.15) is 27.3 Å². The second-order valence-corrected chi connectivity index (χ2v) is 6.23. The minimum atomic E-state index is -0.210. The van der Waals surface area contributed by atoms with Crippen LogP contribution >= 0.6 is 0 Å². The van der Waals surface area contributed by atoms with Crippen LogP contribution in [0.4, 0.5) is 0 Å². The molecule has 0 aliphatic heterocycles. The van der Waals surface area contributed by atoms with Gasteiger partial charge >= 0.3 is 0 Å². The molecule has 0 saturated heterocycles. The van der Waals surface area contributed by atoms with Crippen molar-refractivity contribution in [2.75, 3.05) is 0 Å². The standard InChI is InChI=1S/C20H18N4O2/c1-13-5-3-6-15(9-13)12-21-20(25)17-10-14(2)24-19(22-17)11-16(23-24)18-7-4-8-26-18/h3-11H,12H2,1-2H3,(H,21,25). The van der Waals surface area contributed by atoms with Gasteiger partial charge in [-0.05, 0) is 37.6 Å². The van der Waals surface area contributed by atoms with Gasteiger partial charge in [-0.1, -0.05) is 29.8 Å². The molecule has 1 amide bonds. The Morgan fingerprint density at radius 1 is 1.15 bits per heavy atom. The molecule has 0 unspecified atom stereocenters. The number of nitrogens with zero attached hydrogens (tertiary/aromatic N) is 3. The Hall–Kier alpha value is -3.41. The molecule has 0 aliphatic carbocycles. The van der Waals surface area contributed by atoms with Crippen molar-refractivity contribution in [3.8, 4) is 11.5 Å². The van der Waals surface area contributed by atoms with E-state index < -0.39 is 0 Å².